The molecule has 1 saturated heterocycles. The molecule has 1 unspecified atom stereocenters. The van der Waals surface area contributed by atoms with Crippen LogP contribution >= 0.6 is 0 Å². The van der Waals surface area contributed by atoms with Gasteiger partial charge < -0.3 is 10.0 Å². The fraction of sp³-hybridized carbons (Fsp3) is 0.462. The highest BCUT2D eigenvalue weighted by Crippen LogP contribution is 2.39. The van der Waals surface area contributed by atoms with Crippen molar-refractivity contribution in [1.29, 1.82) is 0 Å². The van der Waals surface area contributed by atoms with Gasteiger partial charge in [-0.05, 0) is 38.3 Å². The van der Waals surface area contributed by atoms with Crippen LogP contribution in [0.15, 0.2) is 18.2 Å². The van der Waals surface area contributed by atoms with Crippen molar-refractivity contribution in [1.82, 2.24) is 0 Å². The Morgan fingerprint density at radius 2 is 2.21 bits per heavy atom. The highest BCUT2D eigenvalue weighted by molar-refractivity contribution is 5.85. The molecule has 2 rings (SSSR count). The van der Waals surface area contributed by atoms with Gasteiger partial charge in [0.25, 0.3) is 5.69 Å². The molecule has 1 aromatic rings. The number of nitro benzene ring substituents is 1. The molecule has 6 nitrogen and oxygen atoms in total. The van der Waals surface area contributed by atoms with Crippen LogP contribution in [0.1, 0.15) is 25.3 Å². The number of nitro groups is 1. The summed E-state index contributed by atoms with van der Waals surface area (Å²) in [5.41, 5.74) is 0.0686. The quantitative estimate of drug-likeness (QED) is 0.669. The van der Waals surface area contributed by atoms with E-state index in [1.807, 2.05) is 0 Å². The Balaban J connectivity index is 2.53. The van der Waals surface area contributed by atoms with Crippen molar-refractivity contribution in [3.05, 3.63) is 33.9 Å². The van der Waals surface area contributed by atoms with Crippen molar-refractivity contribution < 1.29 is 14.8 Å². The van der Waals surface area contributed by atoms with Crippen molar-refractivity contribution in [3.63, 3.8) is 0 Å². The fourth-order valence-electron chi connectivity index (χ4n) is 2.58. The van der Waals surface area contributed by atoms with E-state index >= 15 is 0 Å². The van der Waals surface area contributed by atoms with Crippen molar-refractivity contribution in [2.45, 2.75) is 32.2 Å². The molecule has 0 amide bonds. The van der Waals surface area contributed by atoms with E-state index in [0.717, 1.165) is 5.56 Å². The first kappa shape index (κ1) is 13.3. The molecule has 0 radical (unpaired) electrons. The summed E-state index contributed by atoms with van der Waals surface area (Å²) in [6.07, 6.45) is 1.21. The molecular weight excluding hydrogens is 248 g/mol. The number of carboxylic acid groups (broad SMARTS) is 1. The Labute approximate surface area is 110 Å². The number of aliphatic carboxylic acids is 1. The molecule has 1 aliphatic heterocycles. The summed E-state index contributed by atoms with van der Waals surface area (Å²) in [4.78, 5) is 23.8. The molecule has 1 fully saturated rings. The zero-order chi connectivity index (χ0) is 14.2. The summed E-state index contributed by atoms with van der Waals surface area (Å²) in [5.74, 6) is -0.945. The molecule has 1 aliphatic rings. The SMILES string of the molecule is Cc1ccc(N2CCCC2(C)C(=O)O)c([N+](=O)[O-])c1. The van der Waals surface area contributed by atoms with E-state index in [1.165, 1.54) is 6.07 Å². The lowest BCUT2D eigenvalue weighted by molar-refractivity contribution is -0.384. The van der Waals surface area contributed by atoms with Gasteiger partial charge in [-0.1, -0.05) is 6.07 Å². The Hall–Kier alpha value is -2.11. The summed E-state index contributed by atoms with van der Waals surface area (Å²) in [5, 5.41) is 20.5. The molecule has 0 bridgehead atoms. The van der Waals surface area contributed by atoms with Crippen molar-refractivity contribution in [2.24, 2.45) is 0 Å². The number of rotatable bonds is 3. The topological polar surface area (TPSA) is 83.7 Å². The van der Waals surface area contributed by atoms with Crippen LogP contribution < -0.4 is 4.90 Å². The third-order valence-electron chi connectivity index (χ3n) is 3.72. The number of anilines is 1. The van der Waals surface area contributed by atoms with Crippen LogP contribution in [0.3, 0.4) is 0 Å². The molecule has 0 saturated carbocycles. The van der Waals surface area contributed by atoms with E-state index < -0.39 is 16.4 Å². The standard InChI is InChI=1S/C13H16N2O4/c1-9-4-5-10(11(8-9)15(18)19)14-7-3-6-13(14,2)12(16)17/h4-5,8H,3,6-7H2,1-2H3,(H,16,17). The number of hydrogen-bond acceptors (Lipinski definition) is 4. The Bertz CT molecular complexity index is 543. The maximum absolute atomic E-state index is 11.4. The first-order valence-electron chi connectivity index (χ1n) is 6.12. The summed E-state index contributed by atoms with van der Waals surface area (Å²) in [6, 6.07) is 4.89. The van der Waals surface area contributed by atoms with Gasteiger partial charge in [0.1, 0.15) is 11.2 Å². The molecule has 1 aromatic carbocycles. The third-order valence-corrected chi connectivity index (χ3v) is 3.72. The van der Waals surface area contributed by atoms with E-state index in [2.05, 4.69) is 0 Å². The number of aryl methyl sites for hydroxylation is 1. The second-order valence-electron chi connectivity index (χ2n) is 5.08. The van der Waals surface area contributed by atoms with Gasteiger partial charge >= 0.3 is 5.97 Å². The molecule has 1 N–H and O–H groups in total. The Morgan fingerprint density at radius 1 is 1.53 bits per heavy atom. The average molecular weight is 264 g/mol. The van der Waals surface area contributed by atoms with Crippen LogP contribution in [0.5, 0.6) is 0 Å². The summed E-state index contributed by atoms with van der Waals surface area (Å²) in [6.45, 7) is 3.91. The average Bonchev–Trinajstić information content (AvgIpc) is 2.72. The molecule has 1 atom stereocenters. The van der Waals surface area contributed by atoms with Gasteiger partial charge in [0.05, 0.1) is 4.92 Å². The lowest BCUT2D eigenvalue weighted by atomic mass is 9.98. The maximum atomic E-state index is 11.4. The Morgan fingerprint density at radius 3 is 2.79 bits per heavy atom. The molecule has 19 heavy (non-hydrogen) atoms. The number of carbonyl (C=O) groups is 1. The van der Waals surface area contributed by atoms with Gasteiger partial charge in [0, 0.05) is 12.6 Å². The molecule has 0 aliphatic carbocycles. The highest BCUT2D eigenvalue weighted by atomic mass is 16.6. The first-order valence-corrected chi connectivity index (χ1v) is 6.12. The largest absolute Gasteiger partial charge is 0.480 e. The lowest BCUT2D eigenvalue weighted by Gasteiger charge is -2.32. The summed E-state index contributed by atoms with van der Waals surface area (Å²) < 4.78 is 0. The highest BCUT2D eigenvalue weighted by Gasteiger charge is 2.45. The van der Waals surface area contributed by atoms with Gasteiger partial charge in [-0.25, -0.2) is 4.79 Å². The summed E-state index contributed by atoms with van der Waals surface area (Å²) in [7, 11) is 0. The minimum Gasteiger partial charge on any atom is -0.480 e. The third kappa shape index (κ3) is 2.14. The number of nitrogens with zero attached hydrogens (tertiary/aromatic N) is 2. The van der Waals surface area contributed by atoms with E-state index in [0.29, 0.717) is 25.1 Å². The van der Waals surface area contributed by atoms with Crippen LogP contribution in [0.2, 0.25) is 0 Å². The lowest BCUT2D eigenvalue weighted by Crippen LogP contribution is -2.48. The molecule has 0 spiro atoms. The zero-order valence-electron chi connectivity index (χ0n) is 10.9. The minimum absolute atomic E-state index is 0.0330. The predicted octanol–water partition coefficient (Wildman–Crippen LogP) is 2.35. The van der Waals surface area contributed by atoms with Crippen molar-refractivity contribution in [2.75, 3.05) is 11.4 Å². The minimum atomic E-state index is -1.07. The van der Waals surface area contributed by atoms with Crippen LogP contribution in [0.25, 0.3) is 0 Å². The molecular formula is C13H16N2O4. The molecule has 102 valence electrons. The number of carboxylic acids is 1. The second-order valence-corrected chi connectivity index (χ2v) is 5.08. The van der Waals surface area contributed by atoms with Crippen LogP contribution in [0, 0.1) is 17.0 Å². The van der Waals surface area contributed by atoms with Crippen molar-refractivity contribution in [3.8, 4) is 0 Å². The number of hydrogen-bond donors (Lipinski definition) is 1. The predicted molar refractivity (Wildman–Crippen MR) is 70.5 cm³/mol. The summed E-state index contributed by atoms with van der Waals surface area (Å²) >= 11 is 0. The smallest absolute Gasteiger partial charge is 0.329 e. The fourth-order valence-corrected chi connectivity index (χ4v) is 2.58. The van der Waals surface area contributed by atoms with Gasteiger partial charge in [0.2, 0.25) is 0 Å². The van der Waals surface area contributed by atoms with Crippen LogP contribution in [-0.2, 0) is 4.79 Å². The van der Waals surface area contributed by atoms with E-state index in [4.69, 9.17) is 0 Å². The second kappa shape index (κ2) is 4.53. The van der Waals surface area contributed by atoms with Gasteiger partial charge in [0.15, 0.2) is 0 Å². The monoisotopic (exact) mass is 264 g/mol. The van der Waals surface area contributed by atoms with E-state index in [9.17, 15) is 20.0 Å². The maximum Gasteiger partial charge on any atom is 0.329 e. The molecule has 1 heterocycles. The van der Waals surface area contributed by atoms with E-state index in [-0.39, 0.29) is 5.69 Å². The van der Waals surface area contributed by atoms with E-state index in [1.54, 1.807) is 30.9 Å². The normalized spacial score (nSPS) is 22.5. The molecule has 6 heteroatoms. The van der Waals surface area contributed by atoms with Gasteiger partial charge in [-0.2, -0.15) is 0 Å². The van der Waals surface area contributed by atoms with Crippen molar-refractivity contribution >= 4 is 17.3 Å². The Kier molecular flexibility index (Phi) is 3.18. The van der Waals surface area contributed by atoms with Gasteiger partial charge in [-0.15, -0.1) is 0 Å². The first-order chi connectivity index (χ1) is 8.86. The van der Waals surface area contributed by atoms with Crippen LogP contribution in [0.4, 0.5) is 11.4 Å². The van der Waals surface area contributed by atoms with Gasteiger partial charge in [-0.3, -0.25) is 10.1 Å². The zero-order valence-corrected chi connectivity index (χ0v) is 10.9. The molecule has 0 aromatic heterocycles. The number of benzene rings is 1. The van der Waals surface area contributed by atoms with Crippen LogP contribution in [-0.4, -0.2) is 28.1 Å².